The lowest BCUT2D eigenvalue weighted by molar-refractivity contribution is 0.0988. The van der Waals surface area contributed by atoms with Gasteiger partial charge in [-0.25, -0.2) is 4.39 Å². The van der Waals surface area contributed by atoms with Gasteiger partial charge in [-0.1, -0.05) is 18.2 Å². The van der Waals surface area contributed by atoms with E-state index in [2.05, 4.69) is 15.9 Å². The van der Waals surface area contributed by atoms with Gasteiger partial charge in [0, 0.05) is 11.5 Å². The standard InChI is InChI=1S/C15H10BrFN2O/c1-19(13-8-3-2-5-10(13)9-18)15(20)14-11(16)6-4-7-12(14)17/h2-8H,1H3. The van der Waals surface area contributed by atoms with Crippen molar-refractivity contribution in [3.63, 3.8) is 0 Å². The van der Waals surface area contributed by atoms with E-state index in [1.807, 2.05) is 6.07 Å². The number of hydrogen-bond donors (Lipinski definition) is 0. The van der Waals surface area contributed by atoms with Crippen LogP contribution in [0.25, 0.3) is 0 Å². The van der Waals surface area contributed by atoms with Crippen molar-refractivity contribution in [2.45, 2.75) is 0 Å². The van der Waals surface area contributed by atoms with E-state index in [-0.39, 0.29) is 5.56 Å². The Labute approximate surface area is 124 Å². The van der Waals surface area contributed by atoms with Crippen LogP contribution in [0.15, 0.2) is 46.9 Å². The zero-order chi connectivity index (χ0) is 14.7. The molecule has 0 aliphatic carbocycles. The Morgan fingerprint density at radius 3 is 2.60 bits per heavy atom. The fourth-order valence-electron chi connectivity index (χ4n) is 1.84. The van der Waals surface area contributed by atoms with Crippen molar-refractivity contribution in [1.82, 2.24) is 0 Å². The number of nitriles is 1. The van der Waals surface area contributed by atoms with Crippen LogP contribution in [0.1, 0.15) is 15.9 Å². The smallest absolute Gasteiger partial charge is 0.262 e. The minimum absolute atomic E-state index is 0.0530. The van der Waals surface area contributed by atoms with Crippen molar-refractivity contribution >= 4 is 27.5 Å². The molecule has 0 saturated carbocycles. The van der Waals surface area contributed by atoms with Gasteiger partial charge in [0.1, 0.15) is 11.9 Å². The van der Waals surface area contributed by atoms with E-state index in [1.165, 1.54) is 24.1 Å². The highest BCUT2D eigenvalue weighted by atomic mass is 79.9. The zero-order valence-corrected chi connectivity index (χ0v) is 12.2. The molecule has 0 fully saturated rings. The first-order valence-corrected chi connectivity index (χ1v) is 6.56. The normalized spacial score (nSPS) is 9.90. The molecule has 2 rings (SSSR count). The summed E-state index contributed by atoms with van der Waals surface area (Å²) in [5, 5.41) is 9.06. The Morgan fingerprint density at radius 2 is 1.95 bits per heavy atom. The summed E-state index contributed by atoms with van der Waals surface area (Å²) >= 11 is 3.17. The van der Waals surface area contributed by atoms with Crippen LogP contribution < -0.4 is 4.90 Å². The molecule has 0 N–H and O–H groups in total. The molecule has 3 nitrogen and oxygen atoms in total. The highest BCUT2D eigenvalue weighted by molar-refractivity contribution is 9.10. The number of nitrogens with zero attached hydrogens (tertiary/aromatic N) is 2. The molecule has 0 aliphatic rings. The van der Waals surface area contributed by atoms with E-state index < -0.39 is 11.7 Å². The summed E-state index contributed by atoms with van der Waals surface area (Å²) in [6.45, 7) is 0. The van der Waals surface area contributed by atoms with Gasteiger partial charge in [-0.2, -0.15) is 5.26 Å². The topological polar surface area (TPSA) is 44.1 Å². The van der Waals surface area contributed by atoms with Crippen molar-refractivity contribution < 1.29 is 9.18 Å². The van der Waals surface area contributed by atoms with Gasteiger partial charge in [0.05, 0.1) is 16.8 Å². The molecule has 20 heavy (non-hydrogen) atoms. The minimum Gasteiger partial charge on any atom is -0.310 e. The molecule has 0 aliphatic heterocycles. The highest BCUT2D eigenvalue weighted by Gasteiger charge is 2.21. The van der Waals surface area contributed by atoms with Crippen LogP contribution in [0, 0.1) is 17.1 Å². The Kier molecular flexibility index (Phi) is 4.16. The van der Waals surface area contributed by atoms with E-state index in [1.54, 1.807) is 30.3 Å². The molecule has 0 saturated heterocycles. The predicted octanol–water partition coefficient (Wildman–Crippen LogP) is 3.74. The SMILES string of the molecule is CN(C(=O)c1c(F)cccc1Br)c1ccccc1C#N. The fraction of sp³-hybridized carbons (Fsp3) is 0.0667. The largest absolute Gasteiger partial charge is 0.310 e. The summed E-state index contributed by atoms with van der Waals surface area (Å²) in [4.78, 5) is 13.7. The number of hydrogen-bond acceptors (Lipinski definition) is 2. The molecular weight excluding hydrogens is 323 g/mol. The van der Waals surface area contributed by atoms with Crippen molar-refractivity contribution in [2.75, 3.05) is 11.9 Å². The van der Waals surface area contributed by atoms with E-state index in [4.69, 9.17) is 5.26 Å². The average Bonchev–Trinajstić information content (AvgIpc) is 2.46. The summed E-state index contributed by atoms with van der Waals surface area (Å²) in [5.74, 6) is -1.12. The molecule has 2 aromatic rings. The Bertz CT molecular complexity index is 689. The Morgan fingerprint density at radius 1 is 1.25 bits per heavy atom. The fourth-order valence-corrected chi connectivity index (χ4v) is 2.35. The van der Waals surface area contributed by atoms with E-state index in [9.17, 15) is 9.18 Å². The Balaban J connectivity index is 2.46. The number of carbonyl (C=O) groups is 1. The van der Waals surface area contributed by atoms with Crippen LogP contribution in [0.3, 0.4) is 0 Å². The highest BCUT2D eigenvalue weighted by Crippen LogP contribution is 2.25. The van der Waals surface area contributed by atoms with Gasteiger partial charge in [0.25, 0.3) is 5.91 Å². The molecule has 2 aromatic carbocycles. The summed E-state index contributed by atoms with van der Waals surface area (Å²) in [5.41, 5.74) is 0.744. The molecular formula is C15H10BrFN2O. The second-order valence-corrected chi connectivity index (χ2v) is 4.94. The number of halogens is 2. The quantitative estimate of drug-likeness (QED) is 0.840. The zero-order valence-electron chi connectivity index (χ0n) is 10.6. The molecule has 0 aromatic heterocycles. The summed E-state index contributed by atoms with van der Waals surface area (Å²) in [6.07, 6.45) is 0. The molecule has 0 heterocycles. The third-order valence-electron chi connectivity index (χ3n) is 2.87. The third-order valence-corrected chi connectivity index (χ3v) is 3.53. The molecule has 0 atom stereocenters. The van der Waals surface area contributed by atoms with Crippen LogP contribution in [-0.4, -0.2) is 13.0 Å². The predicted molar refractivity (Wildman–Crippen MR) is 78.0 cm³/mol. The van der Waals surface area contributed by atoms with E-state index in [0.717, 1.165) is 0 Å². The lowest BCUT2D eigenvalue weighted by Gasteiger charge is -2.19. The Hall–Kier alpha value is -2.19. The van der Waals surface area contributed by atoms with Gasteiger partial charge in [0.2, 0.25) is 0 Å². The number of amides is 1. The minimum atomic E-state index is -0.606. The first-order valence-electron chi connectivity index (χ1n) is 5.77. The second-order valence-electron chi connectivity index (χ2n) is 4.09. The van der Waals surface area contributed by atoms with Crippen molar-refractivity contribution in [2.24, 2.45) is 0 Å². The van der Waals surface area contributed by atoms with E-state index in [0.29, 0.717) is 15.7 Å². The van der Waals surface area contributed by atoms with Crippen LogP contribution in [0.5, 0.6) is 0 Å². The van der Waals surface area contributed by atoms with Crippen LogP contribution >= 0.6 is 15.9 Å². The summed E-state index contributed by atoms with van der Waals surface area (Å²) in [6, 6.07) is 13.0. The van der Waals surface area contributed by atoms with E-state index >= 15 is 0 Å². The molecule has 0 unspecified atom stereocenters. The van der Waals surface area contributed by atoms with Crippen LogP contribution in [0.2, 0.25) is 0 Å². The first kappa shape index (κ1) is 14.2. The monoisotopic (exact) mass is 332 g/mol. The van der Waals surface area contributed by atoms with Crippen LogP contribution in [-0.2, 0) is 0 Å². The molecule has 5 heteroatoms. The van der Waals surface area contributed by atoms with Crippen molar-refractivity contribution in [3.05, 3.63) is 63.9 Å². The van der Waals surface area contributed by atoms with Gasteiger partial charge in [-0.15, -0.1) is 0 Å². The summed E-state index contributed by atoms with van der Waals surface area (Å²) < 4.78 is 14.2. The molecule has 0 spiro atoms. The summed E-state index contributed by atoms with van der Waals surface area (Å²) in [7, 11) is 1.51. The number of carbonyl (C=O) groups excluding carboxylic acids is 1. The van der Waals surface area contributed by atoms with Gasteiger partial charge >= 0.3 is 0 Å². The molecule has 0 bridgehead atoms. The number of anilines is 1. The maximum atomic E-state index is 13.8. The number of benzene rings is 2. The number of rotatable bonds is 2. The number of para-hydroxylation sites is 1. The second kappa shape index (κ2) is 5.85. The average molecular weight is 333 g/mol. The lowest BCUT2D eigenvalue weighted by atomic mass is 10.1. The maximum absolute atomic E-state index is 13.8. The van der Waals surface area contributed by atoms with Gasteiger partial charge in [-0.3, -0.25) is 4.79 Å². The third kappa shape index (κ3) is 2.56. The van der Waals surface area contributed by atoms with Crippen molar-refractivity contribution in [1.29, 1.82) is 5.26 Å². The van der Waals surface area contributed by atoms with Gasteiger partial charge in [-0.05, 0) is 40.2 Å². The molecule has 100 valence electrons. The maximum Gasteiger partial charge on any atom is 0.262 e. The lowest BCUT2D eigenvalue weighted by Crippen LogP contribution is -2.28. The van der Waals surface area contributed by atoms with Gasteiger partial charge in [0.15, 0.2) is 0 Å². The first-order chi connectivity index (χ1) is 9.56. The molecule has 1 amide bonds. The van der Waals surface area contributed by atoms with Crippen molar-refractivity contribution in [3.8, 4) is 6.07 Å². The van der Waals surface area contributed by atoms with Crippen LogP contribution in [0.4, 0.5) is 10.1 Å². The molecule has 0 radical (unpaired) electrons. The van der Waals surface area contributed by atoms with Gasteiger partial charge < -0.3 is 4.90 Å².